The second-order valence-electron chi connectivity index (χ2n) is 3.22. The van der Waals surface area contributed by atoms with Gasteiger partial charge in [0, 0.05) is 6.92 Å². The second-order valence-corrected chi connectivity index (χ2v) is 4.88. The predicted octanol–water partition coefficient (Wildman–Crippen LogP) is 1.07. The van der Waals surface area contributed by atoms with E-state index in [9.17, 15) is 9.36 Å². The van der Waals surface area contributed by atoms with Crippen molar-refractivity contribution in [1.82, 2.24) is 5.32 Å². The molecule has 6 nitrogen and oxygen atoms in total. The van der Waals surface area contributed by atoms with Gasteiger partial charge in [0.25, 0.3) is 0 Å². The number of carbonyl (C=O) groups excluding carboxylic acids is 1. The normalized spacial score (nSPS) is 21.2. The number of phosphoric acid groups is 1. The summed E-state index contributed by atoms with van der Waals surface area (Å²) < 4.78 is 26.3. The molecule has 1 atom stereocenters. The number of hydrogen-bond donors (Lipinski definition) is 1. The van der Waals surface area contributed by atoms with Crippen LogP contribution in [0.3, 0.4) is 0 Å². The Balaban J connectivity index is 2.33. The van der Waals surface area contributed by atoms with Crippen molar-refractivity contribution in [3.8, 4) is 0 Å². The Morgan fingerprint density at radius 3 is 2.60 bits per heavy atom. The summed E-state index contributed by atoms with van der Waals surface area (Å²) in [4.78, 5) is 10.8. The van der Waals surface area contributed by atoms with Gasteiger partial charge in [0.1, 0.15) is 0 Å². The van der Waals surface area contributed by atoms with Crippen LogP contribution in [-0.2, 0) is 22.9 Å². The molecule has 1 heterocycles. The molecular weight excluding hydrogens is 221 g/mol. The topological polar surface area (TPSA) is 73.9 Å². The molecule has 15 heavy (non-hydrogen) atoms. The molecule has 1 amide bonds. The summed E-state index contributed by atoms with van der Waals surface area (Å²) in [7, 11) is -3.33. The molecule has 1 aliphatic heterocycles. The Kier molecular flexibility index (Phi) is 4.73. The molecule has 0 aromatic carbocycles. The maximum Gasteiger partial charge on any atom is 0.475 e. The van der Waals surface area contributed by atoms with E-state index in [0.29, 0.717) is 6.42 Å². The third-order valence-corrected chi connectivity index (χ3v) is 3.38. The molecule has 1 unspecified atom stereocenters. The summed E-state index contributed by atoms with van der Waals surface area (Å²) in [6.45, 7) is 4.03. The molecule has 0 bridgehead atoms. The van der Waals surface area contributed by atoms with Crippen molar-refractivity contribution in [3.63, 3.8) is 0 Å². The molecular formula is C8H16NO5P. The van der Waals surface area contributed by atoms with Crippen LogP contribution in [0, 0.1) is 0 Å². The number of hydrogen-bond acceptors (Lipinski definition) is 5. The summed E-state index contributed by atoms with van der Waals surface area (Å²) in [6, 6.07) is -0.166. The molecule has 1 aliphatic rings. The van der Waals surface area contributed by atoms with Crippen LogP contribution in [0.1, 0.15) is 20.3 Å². The molecule has 0 aromatic rings. The van der Waals surface area contributed by atoms with E-state index < -0.39 is 7.82 Å². The van der Waals surface area contributed by atoms with E-state index in [-0.39, 0.29) is 31.8 Å². The molecule has 1 N–H and O–H groups in total. The summed E-state index contributed by atoms with van der Waals surface area (Å²) in [5, 5.41) is 2.67. The van der Waals surface area contributed by atoms with Crippen LogP contribution in [-0.4, -0.2) is 31.8 Å². The van der Waals surface area contributed by atoms with E-state index in [4.69, 9.17) is 13.6 Å². The van der Waals surface area contributed by atoms with E-state index in [1.807, 2.05) is 6.92 Å². The van der Waals surface area contributed by atoms with Crippen molar-refractivity contribution >= 4 is 13.7 Å². The minimum Gasteiger partial charge on any atom is -0.351 e. The van der Waals surface area contributed by atoms with Crippen molar-refractivity contribution in [3.05, 3.63) is 0 Å². The lowest BCUT2D eigenvalue weighted by Crippen LogP contribution is -2.35. The first-order valence-corrected chi connectivity index (χ1v) is 6.32. The molecule has 88 valence electrons. The van der Waals surface area contributed by atoms with Gasteiger partial charge in [-0.15, -0.1) is 0 Å². The predicted molar refractivity (Wildman–Crippen MR) is 53.4 cm³/mol. The Labute approximate surface area is 88.9 Å². The standard InChI is InChI=1S/C8H16NO5P/c1-3-8(9-7(2)10)6-14-15(11)12-4-5-13-15/h8H,3-6H2,1-2H3,(H,9,10). The fourth-order valence-electron chi connectivity index (χ4n) is 1.14. The second kappa shape index (κ2) is 5.61. The highest BCUT2D eigenvalue weighted by molar-refractivity contribution is 7.48. The summed E-state index contributed by atoms with van der Waals surface area (Å²) in [5.74, 6) is -0.142. The van der Waals surface area contributed by atoms with E-state index in [1.54, 1.807) is 0 Å². The largest absolute Gasteiger partial charge is 0.475 e. The van der Waals surface area contributed by atoms with E-state index in [0.717, 1.165) is 0 Å². The third kappa shape index (κ3) is 4.30. The molecule has 0 saturated carbocycles. The maximum atomic E-state index is 11.5. The van der Waals surface area contributed by atoms with Crippen molar-refractivity contribution in [2.45, 2.75) is 26.3 Å². The van der Waals surface area contributed by atoms with Crippen LogP contribution in [0.15, 0.2) is 0 Å². The van der Waals surface area contributed by atoms with Crippen molar-refractivity contribution < 1.29 is 22.9 Å². The highest BCUT2D eigenvalue weighted by Crippen LogP contribution is 2.52. The van der Waals surface area contributed by atoms with Crippen LogP contribution in [0.4, 0.5) is 0 Å². The van der Waals surface area contributed by atoms with Gasteiger partial charge in [-0.2, -0.15) is 0 Å². The SMILES string of the molecule is CCC(COP1(=O)OCCO1)NC(C)=O. The summed E-state index contributed by atoms with van der Waals surface area (Å²) >= 11 is 0. The number of carbonyl (C=O) groups is 1. The maximum absolute atomic E-state index is 11.5. The van der Waals surface area contributed by atoms with E-state index >= 15 is 0 Å². The Bertz CT molecular complexity index is 260. The van der Waals surface area contributed by atoms with Gasteiger partial charge >= 0.3 is 7.82 Å². The summed E-state index contributed by atoms with van der Waals surface area (Å²) in [6.07, 6.45) is 0.694. The zero-order valence-electron chi connectivity index (χ0n) is 8.89. The lowest BCUT2D eigenvalue weighted by Gasteiger charge is -2.17. The van der Waals surface area contributed by atoms with Gasteiger partial charge in [-0.3, -0.25) is 18.4 Å². The molecule has 0 radical (unpaired) electrons. The molecule has 1 saturated heterocycles. The van der Waals surface area contributed by atoms with Gasteiger partial charge in [0.05, 0.1) is 25.9 Å². The first-order valence-electron chi connectivity index (χ1n) is 4.86. The van der Waals surface area contributed by atoms with Gasteiger partial charge in [-0.1, -0.05) is 6.92 Å². The van der Waals surface area contributed by atoms with Crippen molar-refractivity contribution in [2.24, 2.45) is 0 Å². The molecule has 7 heteroatoms. The van der Waals surface area contributed by atoms with Gasteiger partial charge in [0.2, 0.25) is 5.91 Å². The summed E-state index contributed by atoms with van der Waals surface area (Å²) in [5.41, 5.74) is 0. The van der Waals surface area contributed by atoms with Crippen LogP contribution in [0.2, 0.25) is 0 Å². The highest BCUT2D eigenvalue weighted by Gasteiger charge is 2.32. The average molecular weight is 237 g/mol. The fraction of sp³-hybridized carbons (Fsp3) is 0.875. The minimum absolute atomic E-state index is 0.132. The highest BCUT2D eigenvalue weighted by atomic mass is 31.2. The zero-order chi connectivity index (χ0) is 11.3. The monoisotopic (exact) mass is 237 g/mol. The molecule has 1 rings (SSSR count). The minimum atomic E-state index is -3.33. The number of rotatable bonds is 5. The van der Waals surface area contributed by atoms with Gasteiger partial charge in [-0.25, -0.2) is 4.57 Å². The average Bonchev–Trinajstić information content (AvgIpc) is 2.60. The third-order valence-electron chi connectivity index (χ3n) is 1.92. The van der Waals surface area contributed by atoms with Gasteiger partial charge in [-0.05, 0) is 6.42 Å². The number of nitrogens with one attached hydrogen (secondary N) is 1. The van der Waals surface area contributed by atoms with E-state index in [1.165, 1.54) is 6.92 Å². The Morgan fingerprint density at radius 2 is 2.13 bits per heavy atom. The van der Waals surface area contributed by atoms with Crippen LogP contribution < -0.4 is 5.32 Å². The van der Waals surface area contributed by atoms with Crippen LogP contribution >= 0.6 is 7.82 Å². The smallest absolute Gasteiger partial charge is 0.351 e. The van der Waals surface area contributed by atoms with Gasteiger partial charge < -0.3 is 5.32 Å². The Hall–Kier alpha value is -0.420. The molecule has 0 aromatic heterocycles. The quantitative estimate of drug-likeness (QED) is 0.724. The molecule has 0 aliphatic carbocycles. The number of phosphoric ester groups is 1. The first kappa shape index (κ1) is 12.6. The van der Waals surface area contributed by atoms with Crippen LogP contribution in [0.25, 0.3) is 0 Å². The lowest BCUT2D eigenvalue weighted by atomic mass is 10.2. The van der Waals surface area contributed by atoms with Crippen molar-refractivity contribution in [1.29, 1.82) is 0 Å². The van der Waals surface area contributed by atoms with Gasteiger partial charge in [0.15, 0.2) is 0 Å². The first-order chi connectivity index (χ1) is 7.06. The molecule has 1 fully saturated rings. The number of amides is 1. The Morgan fingerprint density at radius 1 is 1.53 bits per heavy atom. The lowest BCUT2D eigenvalue weighted by molar-refractivity contribution is -0.119. The van der Waals surface area contributed by atoms with E-state index in [2.05, 4.69) is 5.32 Å². The molecule has 0 spiro atoms. The van der Waals surface area contributed by atoms with Crippen LogP contribution in [0.5, 0.6) is 0 Å². The zero-order valence-corrected chi connectivity index (χ0v) is 9.79. The van der Waals surface area contributed by atoms with Crippen molar-refractivity contribution in [2.75, 3.05) is 19.8 Å². The fourth-order valence-corrected chi connectivity index (χ4v) is 2.32.